The SMILES string of the molecule is CC.CC.CCCCCCCCCCn1c(C(=O)OC)cc2ccccc21. The summed E-state index contributed by atoms with van der Waals surface area (Å²) in [5, 5.41) is 1.10. The van der Waals surface area contributed by atoms with Crippen LogP contribution in [0.4, 0.5) is 0 Å². The van der Waals surface area contributed by atoms with Crippen molar-refractivity contribution in [3.05, 3.63) is 36.0 Å². The minimum atomic E-state index is -0.249. The van der Waals surface area contributed by atoms with E-state index in [9.17, 15) is 4.79 Å². The molecule has 0 aliphatic rings. The van der Waals surface area contributed by atoms with Crippen LogP contribution >= 0.6 is 0 Å². The number of benzene rings is 1. The molecular weight excluding hydrogens is 334 g/mol. The average molecular weight is 376 g/mol. The van der Waals surface area contributed by atoms with Gasteiger partial charge >= 0.3 is 5.97 Å². The molecule has 0 fully saturated rings. The Hall–Kier alpha value is -1.77. The largest absolute Gasteiger partial charge is 0.464 e. The van der Waals surface area contributed by atoms with E-state index in [1.54, 1.807) is 0 Å². The smallest absolute Gasteiger partial charge is 0.354 e. The van der Waals surface area contributed by atoms with Gasteiger partial charge in [0.15, 0.2) is 0 Å². The van der Waals surface area contributed by atoms with Crippen molar-refractivity contribution in [2.24, 2.45) is 0 Å². The summed E-state index contributed by atoms with van der Waals surface area (Å²) in [6.45, 7) is 11.1. The molecule has 3 heteroatoms. The molecule has 0 saturated heterocycles. The van der Waals surface area contributed by atoms with Crippen LogP contribution in [0.15, 0.2) is 30.3 Å². The molecule has 0 amide bonds. The predicted molar refractivity (Wildman–Crippen MR) is 119 cm³/mol. The molecule has 0 aliphatic carbocycles. The quantitative estimate of drug-likeness (QED) is 0.316. The van der Waals surface area contributed by atoms with Gasteiger partial charge in [-0.2, -0.15) is 0 Å². The molecule has 154 valence electrons. The normalized spacial score (nSPS) is 9.85. The minimum Gasteiger partial charge on any atom is -0.464 e. The van der Waals surface area contributed by atoms with Crippen LogP contribution in [-0.2, 0) is 11.3 Å². The van der Waals surface area contributed by atoms with E-state index in [0.29, 0.717) is 5.69 Å². The molecule has 1 heterocycles. The molecule has 2 rings (SSSR count). The lowest BCUT2D eigenvalue weighted by Crippen LogP contribution is -2.10. The van der Waals surface area contributed by atoms with Crippen molar-refractivity contribution in [2.45, 2.75) is 92.5 Å². The number of para-hydroxylation sites is 1. The fourth-order valence-electron chi connectivity index (χ4n) is 3.13. The van der Waals surface area contributed by atoms with Gasteiger partial charge < -0.3 is 9.30 Å². The number of hydrogen-bond donors (Lipinski definition) is 0. The van der Waals surface area contributed by atoms with Crippen molar-refractivity contribution in [3.8, 4) is 0 Å². The maximum absolute atomic E-state index is 12.0. The van der Waals surface area contributed by atoms with E-state index >= 15 is 0 Å². The van der Waals surface area contributed by atoms with Crippen LogP contribution in [0.2, 0.25) is 0 Å². The van der Waals surface area contributed by atoms with E-state index in [2.05, 4.69) is 17.6 Å². The van der Waals surface area contributed by atoms with Gasteiger partial charge in [-0.05, 0) is 18.6 Å². The van der Waals surface area contributed by atoms with Gasteiger partial charge in [-0.25, -0.2) is 4.79 Å². The molecule has 3 nitrogen and oxygen atoms in total. The molecule has 0 radical (unpaired) electrons. The lowest BCUT2D eigenvalue weighted by Gasteiger charge is -2.09. The lowest BCUT2D eigenvalue weighted by atomic mass is 10.1. The zero-order valence-electron chi connectivity index (χ0n) is 18.5. The third-order valence-electron chi connectivity index (χ3n) is 4.44. The van der Waals surface area contributed by atoms with Gasteiger partial charge in [0.05, 0.1) is 7.11 Å². The predicted octanol–water partition coefficient (Wildman–Crippen LogP) is 7.62. The molecule has 27 heavy (non-hydrogen) atoms. The number of fused-ring (bicyclic) bond motifs is 1. The van der Waals surface area contributed by atoms with E-state index in [4.69, 9.17) is 4.74 Å². The Morgan fingerprint density at radius 1 is 0.889 bits per heavy atom. The number of carbonyl (C=O) groups excluding carboxylic acids is 1. The average Bonchev–Trinajstić information content (AvgIpc) is 3.11. The number of esters is 1. The summed E-state index contributed by atoms with van der Waals surface area (Å²) < 4.78 is 7.04. The number of methoxy groups -OCH3 is 1. The van der Waals surface area contributed by atoms with Crippen molar-refractivity contribution in [3.63, 3.8) is 0 Å². The monoisotopic (exact) mass is 375 g/mol. The first-order valence-corrected chi connectivity index (χ1v) is 10.9. The summed E-state index contributed by atoms with van der Waals surface area (Å²) in [5.74, 6) is -0.249. The van der Waals surface area contributed by atoms with Crippen LogP contribution in [0.1, 0.15) is 96.5 Å². The molecule has 0 bridgehead atoms. The number of unbranched alkanes of at least 4 members (excludes halogenated alkanes) is 7. The zero-order chi connectivity index (χ0) is 20.5. The van der Waals surface area contributed by atoms with E-state index in [1.807, 2.05) is 52.0 Å². The summed E-state index contributed by atoms with van der Waals surface area (Å²) in [6, 6.07) is 10.1. The van der Waals surface area contributed by atoms with Gasteiger partial charge in [0, 0.05) is 17.4 Å². The highest BCUT2D eigenvalue weighted by atomic mass is 16.5. The Bertz CT molecular complexity index is 616. The molecule has 0 aliphatic heterocycles. The van der Waals surface area contributed by atoms with Crippen LogP contribution in [0.3, 0.4) is 0 Å². The number of nitrogens with zero attached hydrogens (tertiary/aromatic N) is 1. The number of hydrogen-bond acceptors (Lipinski definition) is 2. The molecule has 0 N–H and O–H groups in total. The number of ether oxygens (including phenoxy) is 1. The number of aromatic nitrogens is 1. The van der Waals surface area contributed by atoms with Gasteiger partial charge in [0.25, 0.3) is 0 Å². The van der Waals surface area contributed by atoms with E-state index in [-0.39, 0.29) is 5.97 Å². The highest BCUT2D eigenvalue weighted by Crippen LogP contribution is 2.21. The molecule has 0 spiro atoms. The Kier molecular flexibility index (Phi) is 15.3. The van der Waals surface area contributed by atoms with Gasteiger partial charge in [0.2, 0.25) is 0 Å². The van der Waals surface area contributed by atoms with Gasteiger partial charge in [-0.3, -0.25) is 0 Å². The number of carbonyl (C=O) groups is 1. The maximum atomic E-state index is 12.0. The molecule has 0 unspecified atom stereocenters. The first kappa shape index (κ1) is 25.2. The van der Waals surface area contributed by atoms with Crippen molar-refractivity contribution in [2.75, 3.05) is 7.11 Å². The first-order chi connectivity index (χ1) is 13.3. The molecule has 1 aromatic carbocycles. The lowest BCUT2D eigenvalue weighted by molar-refractivity contribution is 0.0589. The second-order valence-electron chi connectivity index (χ2n) is 6.21. The molecule has 0 atom stereocenters. The fourth-order valence-corrected chi connectivity index (χ4v) is 3.13. The molecule has 1 aromatic heterocycles. The van der Waals surface area contributed by atoms with Crippen molar-refractivity contribution >= 4 is 16.9 Å². The second-order valence-corrected chi connectivity index (χ2v) is 6.21. The van der Waals surface area contributed by atoms with Crippen LogP contribution in [0.5, 0.6) is 0 Å². The Morgan fingerprint density at radius 2 is 1.44 bits per heavy atom. The van der Waals surface area contributed by atoms with Crippen molar-refractivity contribution in [1.82, 2.24) is 4.57 Å². The molecule has 0 saturated carbocycles. The third kappa shape index (κ3) is 8.64. The third-order valence-corrected chi connectivity index (χ3v) is 4.44. The molecule has 2 aromatic rings. The maximum Gasteiger partial charge on any atom is 0.354 e. The van der Waals surface area contributed by atoms with Crippen LogP contribution in [-0.4, -0.2) is 17.6 Å². The standard InChI is InChI=1S/C20H29NO2.2C2H6/c1-3-4-5-6-7-8-9-12-15-21-18-14-11-10-13-17(18)16-19(21)20(22)23-2;2*1-2/h10-11,13-14,16H,3-9,12,15H2,1-2H3;2*1-2H3. The number of rotatable bonds is 10. The van der Waals surface area contributed by atoms with E-state index in [0.717, 1.165) is 23.9 Å². The Labute approximate surface area is 167 Å². The Morgan fingerprint density at radius 3 is 2.04 bits per heavy atom. The van der Waals surface area contributed by atoms with Gasteiger partial charge in [-0.15, -0.1) is 0 Å². The van der Waals surface area contributed by atoms with Crippen molar-refractivity contribution < 1.29 is 9.53 Å². The van der Waals surface area contributed by atoms with Gasteiger partial charge in [-0.1, -0.05) is 97.8 Å². The second kappa shape index (κ2) is 16.4. The van der Waals surface area contributed by atoms with Crippen LogP contribution < -0.4 is 0 Å². The Balaban J connectivity index is 0.00000158. The number of aryl methyl sites for hydroxylation is 1. The zero-order valence-corrected chi connectivity index (χ0v) is 18.5. The highest BCUT2D eigenvalue weighted by Gasteiger charge is 2.15. The van der Waals surface area contributed by atoms with E-state index < -0.39 is 0 Å². The fraction of sp³-hybridized carbons (Fsp3) is 0.625. The highest BCUT2D eigenvalue weighted by molar-refractivity contribution is 5.95. The topological polar surface area (TPSA) is 31.2 Å². The summed E-state index contributed by atoms with van der Waals surface area (Å²) in [6.07, 6.45) is 10.3. The van der Waals surface area contributed by atoms with E-state index in [1.165, 1.54) is 52.1 Å². The summed E-state index contributed by atoms with van der Waals surface area (Å²) in [5.41, 5.74) is 1.78. The van der Waals surface area contributed by atoms with Gasteiger partial charge in [0.1, 0.15) is 5.69 Å². The summed E-state index contributed by atoms with van der Waals surface area (Å²) >= 11 is 0. The summed E-state index contributed by atoms with van der Waals surface area (Å²) in [7, 11) is 1.45. The summed E-state index contributed by atoms with van der Waals surface area (Å²) in [4.78, 5) is 12.0. The first-order valence-electron chi connectivity index (χ1n) is 10.9. The van der Waals surface area contributed by atoms with Crippen molar-refractivity contribution in [1.29, 1.82) is 0 Å². The van der Waals surface area contributed by atoms with Crippen LogP contribution in [0, 0.1) is 0 Å². The van der Waals surface area contributed by atoms with Crippen LogP contribution in [0.25, 0.3) is 10.9 Å². The molecular formula is C24H41NO2. The minimum absolute atomic E-state index is 0.249.